The normalized spacial score (nSPS) is 18.9. The molecule has 1 aliphatic heterocycles. The van der Waals surface area contributed by atoms with Crippen LogP contribution >= 0.6 is 0 Å². The highest BCUT2D eigenvalue weighted by atomic mass is 16.5. The molecule has 17 heavy (non-hydrogen) atoms. The predicted octanol–water partition coefficient (Wildman–Crippen LogP) is 2.90. The lowest BCUT2D eigenvalue weighted by molar-refractivity contribution is 0.254. The highest BCUT2D eigenvalue weighted by molar-refractivity contribution is 5.42. The maximum Gasteiger partial charge on any atom is 0.123 e. The molecule has 1 heterocycles. The predicted molar refractivity (Wildman–Crippen MR) is 71.8 cm³/mol. The number of benzene rings is 1. The van der Waals surface area contributed by atoms with Gasteiger partial charge in [-0.05, 0) is 49.5 Å². The molecule has 0 spiro atoms. The van der Waals surface area contributed by atoms with E-state index in [-0.39, 0.29) is 5.41 Å². The van der Waals surface area contributed by atoms with Crippen LogP contribution in [0.1, 0.15) is 38.3 Å². The Balaban J connectivity index is 2.20. The van der Waals surface area contributed by atoms with Crippen LogP contribution in [0.4, 0.5) is 0 Å². The highest BCUT2D eigenvalue weighted by Crippen LogP contribution is 2.34. The largest absolute Gasteiger partial charge is 0.490 e. The van der Waals surface area contributed by atoms with Crippen molar-refractivity contribution in [2.24, 2.45) is 0 Å². The average molecular weight is 233 g/mol. The SMILES string of the molecule is CNCCC(C)(C)c1ccc2c(c1)CC(C)O2. The molecule has 0 saturated heterocycles. The van der Waals surface area contributed by atoms with E-state index in [2.05, 4.69) is 44.3 Å². The zero-order valence-electron chi connectivity index (χ0n) is 11.3. The van der Waals surface area contributed by atoms with Crippen LogP contribution in [0.5, 0.6) is 5.75 Å². The number of rotatable bonds is 4. The summed E-state index contributed by atoms with van der Waals surface area (Å²) in [7, 11) is 2.01. The second-order valence-corrected chi connectivity index (χ2v) is 5.69. The van der Waals surface area contributed by atoms with Gasteiger partial charge in [0.15, 0.2) is 0 Å². The second-order valence-electron chi connectivity index (χ2n) is 5.69. The van der Waals surface area contributed by atoms with E-state index in [0.29, 0.717) is 6.10 Å². The Morgan fingerprint density at radius 3 is 2.88 bits per heavy atom. The molecule has 0 fully saturated rings. The molecule has 1 unspecified atom stereocenters. The van der Waals surface area contributed by atoms with Gasteiger partial charge in [-0.1, -0.05) is 26.0 Å². The van der Waals surface area contributed by atoms with Crippen molar-refractivity contribution in [2.45, 2.75) is 45.1 Å². The van der Waals surface area contributed by atoms with Crippen LogP contribution in [0.3, 0.4) is 0 Å². The molecule has 1 aromatic rings. The first kappa shape index (κ1) is 12.4. The van der Waals surface area contributed by atoms with E-state index in [1.54, 1.807) is 0 Å². The maximum absolute atomic E-state index is 5.74. The summed E-state index contributed by atoms with van der Waals surface area (Å²) >= 11 is 0. The van der Waals surface area contributed by atoms with Crippen molar-refractivity contribution >= 4 is 0 Å². The van der Waals surface area contributed by atoms with Gasteiger partial charge in [0, 0.05) is 6.42 Å². The Morgan fingerprint density at radius 2 is 2.18 bits per heavy atom. The molecule has 0 saturated carbocycles. The topological polar surface area (TPSA) is 21.3 Å². The average Bonchev–Trinajstić information content (AvgIpc) is 2.65. The van der Waals surface area contributed by atoms with Gasteiger partial charge in [0.05, 0.1) is 0 Å². The number of fused-ring (bicyclic) bond motifs is 1. The quantitative estimate of drug-likeness (QED) is 0.863. The standard InChI is InChI=1S/C15H23NO/c1-11-9-12-10-13(5-6-14(12)17-11)15(2,3)7-8-16-4/h5-6,10-11,16H,7-9H2,1-4H3. The molecule has 0 aliphatic carbocycles. The van der Waals surface area contributed by atoms with Crippen LogP contribution in [-0.2, 0) is 11.8 Å². The van der Waals surface area contributed by atoms with Crippen molar-refractivity contribution in [2.75, 3.05) is 13.6 Å². The zero-order chi connectivity index (χ0) is 12.5. The third-order valence-electron chi connectivity index (χ3n) is 3.68. The third-order valence-corrected chi connectivity index (χ3v) is 3.68. The minimum Gasteiger partial charge on any atom is -0.490 e. The molecule has 0 aromatic heterocycles. The Kier molecular flexibility index (Phi) is 3.43. The number of nitrogens with one attached hydrogen (secondary N) is 1. The molecule has 2 nitrogen and oxygen atoms in total. The molecule has 1 aromatic carbocycles. The summed E-state index contributed by atoms with van der Waals surface area (Å²) in [5.74, 6) is 1.07. The molecule has 0 amide bonds. The van der Waals surface area contributed by atoms with E-state index in [4.69, 9.17) is 4.74 Å². The number of hydrogen-bond donors (Lipinski definition) is 1. The fourth-order valence-electron chi connectivity index (χ4n) is 2.42. The van der Waals surface area contributed by atoms with Gasteiger partial charge in [-0.15, -0.1) is 0 Å². The Hall–Kier alpha value is -1.02. The molecule has 0 bridgehead atoms. The van der Waals surface area contributed by atoms with E-state index in [1.165, 1.54) is 11.1 Å². The summed E-state index contributed by atoms with van der Waals surface area (Å²) in [4.78, 5) is 0. The Bertz CT molecular complexity index is 398. The Labute approximate surface area is 104 Å². The molecular formula is C15H23NO. The van der Waals surface area contributed by atoms with Crippen LogP contribution in [0.2, 0.25) is 0 Å². The number of ether oxygens (including phenoxy) is 1. The molecule has 1 aliphatic rings. The van der Waals surface area contributed by atoms with Gasteiger partial charge in [-0.25, -0.2) is 0 Å². The fraction of sp³-hybridized carbons (Fsp3) is 0.600. The summed E-state index contributed by atoms with van der Waals surface area (Å²) in [6.45, 7) is 7.80. The fourth-order valence-corrected chi connectivity index (χ4v) is 2.42. The van der Waals surface area contributed by atoms with Gasteiger partial charge in [-0.3, -0.25) is 0 Å². The van der Waals surface area contributed by atoms with Gasteiger partial charge >= 0.3 is 0 Å². The van der Waals surface area contributed by atoms with Gasteiger partial charge in [0.25, 0.3) is 0 Å². The van der Waals surface area contributed by atoms with Gasteiger partial charge in [0.1, 0.15) is 11.9 Å². The molecule has 1 atom stereocenters. The molecule has 2 rings (SSSR count). The minimum absolute atomic E-state index is 0.226. The van der Waals surface area contributed by atoms with E-state index in [1.807, 2.05) is 7.05 Å². The van der Waals surface area contributed by atoms with Crippen molar-refractivity contribution in [3.05, 3.63) is 29.3 Å². The Morgan fingerprint density at radius 1 is 1.41 bits per heavy atom. The molecule has 94 valence electrons. The first-order valence-corrected chi connectivity index (χ1v) is 6.47. The van der Waals surface area contributed by atoms with Crippen molar-refractivity contribution in [1.82, 2.24) is 5.32 Å². The maximum atomic E-state index is 5.74. The summed E-state index contributed by atoms with van der Waals surface area (Å²) in [5.41, 5.74) is 3.01. The van der Waals surface area contributed by atoms with Gasteiger partial charge in [0.2, 0.25) is 0 Å². The third kappa shape index (κ3) is 2.63. The monoisotopic (exact) mass is 233 g/mol. The first-order chi connectivity index (χ1) is 8.03. The van der Waals surface area contributed by atoms with Crippen molar-refractivity contribution in [3.8, 4) is 5.75 Å². The number of hydrogen-bond acceptors (Lipinski definition) is 2. The zero-order valence-corrected chi connectivity index (χ0v) is 11.3. The van der Waals surface area contributed by atoms with Crippen LogP contribution in [0, 0.1) is 0 Å². The first-order valence-electron chi connectivity index (χ1n) is 6.47. The van der Waals surface area contributed by atoms with E-state index in [9.17, 15) is 0 Å². The summed E-state index contributed by atoms with van der Waals surface area (Å²) in [6, 6.07) is 6.68. The lowest BCUT2D eigenvalue weighted by Crippen LogP contribution is -2.23. The van der Waals surface area contributed by atoms with E-state index < -0.39 is 0 Å². The van der Waals surface area contributed by atoms with Gasteiger partial charge < -0.3 is 10.1 Å². The smallest absolute Gasteiger partial charge is 0.123 e. The lowest BCUT2D eigenvalue weighted by atomic mass is 9.80. The highest BCUT2D eigenvalue weighted by Gasteiger charge is 2.24. The second kappa shape index (κ2) is 4.69. The van der Waals surface area contributed by atoms with E-state index >= 15 is 0 Å². The van der Waals surface area contributed by atoms with Crippen LogP contribution < -0.4 is 10.1 Å². The van der Waals surface area contributed by atoms with Crippen molar-refractivity contribution < 1.29 is 4.74 Å². The molecule has 1 N–H and O–H groups in total. The van der Waals surface area contributed by atoms with Crippen LogP contribution in [0.25, 0.3) is 0 Å². The van der Waals surface area contributed by atoms with Crippen molar-refractivity contribution in [1.29, 1.82) is 0 Å². The molecular weight excluding hydrogens is 210 g/mol. The van der Waals surface area contributed by atoms with Crippen LogP contribution in [-0.4, -0.2) is 19.7 Å². The summed E-state index contributed by atoms with van der Waals surface area (Å²) in [5, 5.41) is 3.23. The molecule has 0 radical (unpaired) electrons. The summed E-state index contributed by atoms with van der Waals surface area (Å²) in [6.07, 6.45) is 2.53. The van der Waals surface area contributed by atoms with Crippen molar-refractivity contribution in [3.63, 3.8) is 0 Å². The van der Waals surface area contributed by atoms with E-state index in [0.717, 1.165) is 25.1 Å². The minimum atomic E-state index is 0.226. The van der Waals surface area contributed by atoms with Gasteiger partial charge in [-0.2, -0.15) is 0 Å². The summed E-state index contributed by atoms with van der Waals surface area (Å²) < 4.78 is 5.74. The molecule has 2 heteroatoms. The van der Waals surface area contributed by atoms with Crippen LogP contribution in [0.15, 0.2) is 18.2 Å². The lowest BCUT2D eigenvalue weighted by Gasteiger charge is -2.25.